The van der Waals surface area contributed by atoms with Gasteiger partial charge in [-0.1, -0.05) is 6.58 Å². The Kier molecular flexibility index (Phi) is 6.50. The van der Waals surface area contributed by atoms with E-state index in [4.69, 9.17) is 0 Å². The lowest BCUT2D eigenvalue weighted by Crippen LogP contribution is -2.46. The molecule has 0 saturated heterocycles. The van der Waals surface area contributed by atoms with Gasteiger partial charge in [-0.3, -0.25) is 4.79 Å². The van der Waals surface area contributed by atoms with Gasteiger partial charge in [-0.05, 0) is 13.3 Å². The van der Waals surface area contributed by atoms with Crippen molar-refractivity contribution in [2.75, 3.05) is 33.7 Å². The van der Waals surface area contributed by atoms with Crippen molar-refractivity contribution in [2.24, 2.45) is 0 Å². The van der Waals surface area contributed by atoms with Crippen molar-refractivity contribution in [2.45, 2.75) is 19.8 Å². The van der Waals surface area contributed by atoms with Crippen LogP contribution in [0, 0.1) is 0 Å². The molecule has 17 heavy (non-hydrogen) atoms. The molecule has 0 saturated carbocycles. The largest absolute Gasteiger partial charge is 0.550 e. The Morgan fingerprint density at radius 3 is 2.35 bits per heavy atom. The molecule has 0 atom stereocenters. The fourth-order valence-electron chi connectivity index (χ4n) is 1.39. The van der Waals surface area contributed by atoms with E-state index in [0.29, 0.717) is 23.0 Å². The van der Waals surface area contributed by atoms with Gasteiger partial charge in [0.2, 0.25) is 5.91 Å². The summed E-state index contributed by atoms with van der Waals surface area (Å²) in [5, 5.41) is 13.0. The Balaban J connectivity index is 3.81. The molecule has 5 heteroatoms. The highest BCUT2D eigenvalue weighted by atomic mass is 16.4. The van der Waals surface area contributed by atoms with Crippen LogP contribution in [0.25, 0.3) is 0 Å². The van der Waals surface area contributed by atoms with Crippen molar-refractivity contribution in [3.63, 3.8) is 0 Å². The van der Waals surface area contributed by atoms with Gasteiger partial charge in [-0.25, -0.2) is 0 Å². The molecular weight excluding hydrogens is 220 g/mol. The summed E-state index contributed by atoms with van der Waals surface area (Å²) >= 11 is 0. The van der Waals surface area contributed by atoms with Gasteiger partial charge >= 0.3 is 0 Å². The van der Waals surface area contributed by atoms with E-state index in [1.165, 1.54) is 0 Å². The summed E-state index contributed by atoms with van der Waals surface area (Å²) < 4.78 is 0.670. The molecule has 0 aromatic heterocycles. The summed E-state index contributed by atoms with van der Waals surface area (Å²) in [6.07, 6.45) is 0.670. The summed E-state index contributed by atoms with van der Waals surface area (Å²) in [6.45, 7) is 7.27. The summed E-state index contributed by atoms with van der Waals surface area (Å²) in [7, 11) is 4.00. The number of nitrogens with one attached hydrogen (secondary N) is 1. The molecular formula is C12H22N2O3. The molecule has 0 fully saturated rings. The SMILES string of the molecule is C=C(C)C(=O)NCC[N+](C)(C)CCCC(=O)[O-]. The normalized spacial score (nSPS) is 11.0. The number of amides is 1. The van der Waals surface area contributed by atoms with Crippen molar-refractivity contribution in [1.29, 1.82) is 0 Å². The summed E-state index contributed by atoms with van der Waals surface area (Å²) in [4.78, 5) is 21.5. The first-order valence-electron chi connectivity index (χ1n) is 5.70. The standard InChI is InChI=1S/C12H22N2O3/c1-10(2)12(17)13-7-9-14(3,4)8-5-6-11(15)16/h1,5-9H2,2-4H3,(H-,13,15,16,17). The maximum atomic E-state index is 11.2. The zero-order valence-electron chi connectivity index (χ0n) is 10.9. The fraction of sp³-hybridized carbons (Fsp3) is 0.667. The van der Waals surface area contributed by atoms with Crippen LogP contribution in [0.1, 0.15) is 19.8 Å². The van der Waals surface area contributed by atoms with E-state index in [1.54, 1.807) is 6.92 Å². The minimum atomic E-state index is -1.01. The van der Waals surface area contributed by atoms with Crippen LogP contribution in [0.5, 0.6) is 0 Å². The van der Waals surface area contributed by atoms with Crippen LogP contribution in [-0.2, 0) is 9.59 Å². The molecule has 0 rings (SSSR count). The number of rotatable bonds is 8. The molecule has 0 aliphatic rings. The highest BCUT2D eigenvalue weighted by molar-refractivity contribution is 5.91. The zero-order chi connectivity index (χ0) is 13.5. The second kappa shape index (κ2) is 7.06. The fourth-order valence-corrected chi connectivity index (χ4v) is 1.39. The molecule has 98 valence electrons. The average molecular weight is 242 g/mol. The van der Waals surface area contributed by atoms with E-state index in [9.17, 15) is 14.7 Å². The number of aliphatic carboxylic acids is 1. The van der Waals surface area contributed by atoms with E-state index in [-0.39, 0.29) is 12.3 Å². The van der Waals surface area contributed by atoms with Gasteiger partial charge in [-0.2, -0.15) is 0 Å². The van der Waals surface area contributed by atoms with Crippen molar-refractivity contribution in [1.82, 2.24) is 5.32 Å². The first-order valence-corrected chi connectivity index (χ1v) is 5.70. The lowest BCUT2D eigenvalue weighted by molar-refractivity contribution is -0.889. The number of carboxylic acids is 1. The molecule has 0 aliphatic heterocycles. The molecule has 0 aromatic carbocycles. The molecule has 1 amide bonds. The maximum Gasteiger partial charge on any atom is 0.246 e. The highest BCUT2D eigenvalue weighted by Crippen LogP contribution is 2.00. The van der Waals surface area contributed by atoms with Crippen molar-refractivity contribution >= 4 is 11.9 Å². The Hall–Kier alpha value is -1.36. The average Bonchev–Trinajstić information content (AvgIpc) is 2.15. The third-order valence-electron chi connectivity index (χ3n) is 2.53. The molecule has 0 unspecified atom stereocenters. The second-order valence-electron chi connectivity index (χ2n) is 4.89. The minimum Gasteiger partial charge on any atom is -0.550 e. The first-order chi connectivity index (χ1) is 7.74. The highest BCUT2D eigenvalue weighted by Gasteiger charge is 2.14. The minimum absolute atomic E-state index is 0.0831. The zero-order valence-corrected chi connectivity index (χ0v) is 10.9. The number of carbonyl (C=O) groups is 2. The summed E-state index contributed by atoms with van der Waals surface area (Å²) in [6, 6.07) is 0. The molecule has 0 heterocycles. The number of nitrogens with zero attached hydrogens (tertiary/aromatic N) is 1. The van der Waals surface area contributed by atoms with E-state index in [1.807, 2.05) is 14.1 Å². The lowest BCUT2D eigenvalue weighted by atomic mass is 10.2. The third-order valence-corrected chi connectivity index (χ3v) is 2.53. The molecule has 0 bridgehead atoms. The van der Waals surface area contributed by atoms with Crippen LogP contribution in [0.2, 0.25) is 0 Å². The maximum absolute atomic E-state index is 11.2. The predicted molar refractivity (Wildman–Crippen MR) is 63.9 cm³/mol. The quantitative estimate of drug-likeness (QED) is 0.451. The van der Waals surface area contributed by atoms with Crippen molar-refractivity contribution < 1.29 is 19.2 Å². The van der Waals surface area contributed by atoms with Gasteiger partial charge in [0.05, 0.1) is 33.7 Å². The smallest absolute Gasteiger partial charge is 0.246 e. The Labute approximate surface area is 103 Å². The van der Waals surface area contributed by atoms with Gasteiger partial charge in [-0.15, -0.1) is 0 Å². The van der Waals surface area contributed by atoms with Gasteiger partial charge in [0.1, 0.15) is 0 Å². The Bertz CT molecular complexity index is 298. The van der Waals surface area contributed by atoms with Crippen molar-refractivity contribution in [3.8, 4) is 0 Å². The van der Waals surface area contributed by atoms with Gasteiger partial charge in [0.25, 0.3) is 0 Å². The molecule has 0 aromatic rings. The molecule has 5 nitrogen and oxygen atoms in total. The van der Waals surface area contributed by atoms with E-state index < -0.39 is 5.97 Å². The van der Waals surface area contributed by atoms with Gasteiger partial charge in [0, 0.05) is 18.0 Å². The predicted octanol–water partition coefficient (Wildman–Crippen LogP) is -0.715. The number of carbonyl (C=O) groups excluding carboxylic acids is 2. The number of carboxylic acid groups (broad SMARTS) is 1. The van der Waals surface area contributed by atoms with Crippen LogP contribution >= 0.6 is 0 Å². The van der Waals surface area contributed by atoms with Crippen LogP contribution in [0.4, 0.5) is 0 Å². The Morgan fingerprint density at radius 2 is 1.88 bits per heavy atom. The number of hydrogen-bond donors (Lipinski definition) is 1. The van der Waals surface area contributed by atoms with Gasteiger partial charge in [0.15, 0.2) is 0 Å². The van der Waals surface area contributed by atoms with E-state index in [0.717, 1.165) is 13.1 Å². The second-order valence-corrected chi connectivity index (χ2v) is 4.89. The molecule has 0 aliphatic carbocycles. The first kappa shape index (κ1) is 15.6. The molecule has 1 N–H and O–H groups in total. The summed E-state index contributed by atoms with van der Waals surface area (Å²) in [5.41, 5.74) is 0.493. The van der Waals surface area contributed by atoms with Gasteiger partial charge < -0.3 is 19.7 Å². The topological polar surface area (TPSA) is 69.2 Å². The van der Waals surface area contributed by atoms with Crippen LogP contribution in [0.15, 0.2) is 12.2 Å². The van der Waals surface area contributed by atoms with Crippen LogP contribution < -0.4 is 10.4 Å². The number of hydrogen-bond acceptors (Lipinski definition) is 3. The summed E-state index contributed by atoms with van der Waals surface area (Å²) in [5.74, 6) is -1.15. The number of likely N-dealkylation sites (N-methyl/N-ethyl adjacent to an activating group) is 1. The third kappa shape index (κ3) is 8.45. The van der Waals surface area contributed by atoms with Crippen LogP contribution in [0.3, 0.4) is 0 Å². The molecule has 0 radical (unpaired) electrons. The van der Waals surface area contributed by atoms with E-state index >= 15 is 0 Å². The Morgan fingerprint density at radius 1 is 1.29 bits per heavy atom. The molecule has 0 spiro atoms. The van der Waals surface area contributed by atoms with Crippen LogP contribution in [-0.4, -0.2) is 50.1 Å². The monoisotopic (exact) mass is 242 g/mol. The number of quaternary nitrogens is 1. The lowest BCUT2D eigenvalue weighted by Gasteiger charge is -2.30. The van der Waals surface area contributed by atoms with E-state index in [2.05, 4.69) is 11.9 Å². The van der Waals surface area contributed by atoms with Crippen molar-refractivity contribution in [3.05, 3.63) is 12.2 Å².